The van der Waals surface area contributed by atoms with Crippen LogP contribution in [0.3, 0.4) is 0 Å². The molecule has 11 rings (SSSR count). The Bertz CT molecular complexity index is 3180. The van der Waals surface area contributed by atoms with Crippen LogP contribution in [0.15, 0.2) is 199 Å². The highest BCUT2D eigenvalue weighted by molar-refractivity contribution is 6.13. The van der Waals surface area contributed by atoms with Crippen molar-refractivity contribution in [2.75, 3.05) is 0 Å². The first kappa shape index (κ1) is 31.9. The number of para-hydroxylation sites is 2. The van der Waals surface area contributed by atoms with Crippen LogP contribution in [0.5, 0.6) is 0 Å². The Labute approximate surface area is 322 Å². The number of fused-ring (bicyclic) bond motifs is 6. The molecule has 5 nitrogen and oxygen atoms in total. The number of rotatable bonds is 6. The van der Waals surface area contributed by atoms with Gasteiger partial charge in [0.1, 0.15) is 11.2 Å². The molecule has 262 valence electrons. The molecule has 3 aromatic heterocycles. The summed E-state index contributed by atoms with van der Waals surface area (Å²) >= 11 is 0. The van der Waals surface area contributed by atoms with Crippen molar-refractivity contribution in [3.63, 3.8) is 0 Å². The lowest BCUT2D eigenvalue weighted by atomic mass is 9.96. The number of aromatic nitrogens is 4. The first-order valence-corrected chi connectivity index (χ1v) is 18.8. The SMILES string of the molecule is c1ccc(-c2nc(-c3ccc(-c4cccc(-c5ccc6oc7cccc(-c8ccccc8)c7c6c5)c4)cc3)nc(-n3c4ccccc4c4ccccc43)n2)cc1. The summed E-state index contributed by atoms with van der Waals surface area (Å²) < 4.78 is 8.48. The van der Waals surface area contributed by atoms with E-state index in [0.29, 0.717) is 17.6 Å². The van der Waals surface area contributed by atoms with Crippen LogP contribution in [0.2, 0.25) is 0 Å². The topological polar surface area (TPSA) is 56.7 Å². The third-order valence-electron chi connectivity index (χ3n) is 10.7. The van der Waals surface area contributed by atoms with Crippen molar-refractivity contribution >= 4 is 43.7 Å². The van der Waals surface area contributed by atoms with Crippen LogP contribution in [0.1, 0.15) is 0 Å². The first-order valence-electron chi connectivity index (χ1n) is 18.8. The summed E-state index contributed by atoms with van der Waals surface area (Å²) in [6.45, 7) is 0. The first-order chi connectivity index (χ1) is 27.7. The number of hydrogen-bond donors (Lipinski definition) is 0. The monoisotopic (exact) mass is 716 g/mol. The maximum absolute atomic E-state index is 6.33. The average Bonchev–Trinajstić information content (AvgIpc) is 3.83. The van der Waals surface area contributed by atoms with E-state index in [9.17, 15) is 0 Å². The maximum Gasteiger partial charge on any atom is 0.238 e. The zero-order chi connectivity index (χ0) is 37.0. The number of benzene rings is 8. The number of hydrogen-bond acceptors (Lipinski definition) is 4. The molecule has 0 saturated heterocycles. The minimum absolute atomic E-state index is 0.585. The third kappa shape index (κ3) is 5.37. The second-order valence-electron chi connectivity index (χ2n) is 14.0. The fraction of sp³-hybridized carbons (Fsp3) is 0. The van der Waals surface area contributed by atoms with Gasteiger partial charge in [0.2, 0.25) is 5.95 Å². The standard InChI is InChI=1S/C51H32N4O/c1-3-13-34(14-4-1)40-21-12-24-47-48(40)43-32-39(29-30-46(43)56-47)38-18-11-17-37(31-38)33-25-27-36(28-26-33)50-52-49(35-15-5-2-6-16-35)53-51(54-50)55-44-22-9-7-19-41(44)42-20-8-10-23-45(42)55/h1-32H. The highest BCUT2D eigenvalue weighted by Gasteiger charge is 2.18. The van der Waals surface area contributed by atoms with E-state index in [0.717, 1.165) is 77.1 Å². The molecule has 5 heteroatoms. The van der Waals surface area contributed by atoms with E-state index in [1.807, 2.05) is 36.4 Å². The molecule has 56 heavy (non-hydrogen) atoms. The fourth-order valence-electron chi connectivity index (χ4n) is 8.00. The van der Waals surface area contributed by atoms with Gasteiger partial charge in [-0.05, 0) is 69.8 Å². The second-order valence-corrected chi connectivity index (χ2v) is 14.0. The Morgan fingerprint density at radius 2 is 0.857 bits per heavy atom. The van der Waals surface area contributed by atoms with E-state index >= 15 is 0 Å². The van der Waals surface area contributed by atoms with Gasteiger partial charge in [0, 0.05) is 32.7 Å². The van der Waals surface area contributed by atoms with Crippen molar-refractivity contribution < 1.29 is 4.42 Å². The molecule has 0 aliphatic rings. The quantitative estimate of drug-likeness (QED) is 0.172. The van der Waals surface area contributed by atoms with Crippen molar-refractivity contribution in [3.8, 4) is 62.1 Å². The Kier molecular flexibility index (Phi) is 7.42. The van der Waals surface area contributed by atoms with Gasteiger partial charge in [-0.25, -0.2) is 4.98 Å². The molecule has 0 aliphatic heterocycles. The maximum atomic E-state index is 6.33. The van der Waals surface area contributed by atoms with Crippen LogP contribution < -0.4 is 0 Å². The van der Waals surface area contributed by atoms with Crippen LogP contribution >= 0.6 is 0 Å². The fourth-order valence-corrected chi connectivity index (χ4v) is 8.00. The molecule has 0 saturated carbocycles. The minimum Gasteiger partial charge on any atom is -0.456 e. The van der Waals surface area contributed by atoms with Crippen LogP contribution in [0.25, 0.3) is 106 Å². The second kappa shape index (κ2) is 13.0. The van der Waals surface area contributed by atoms with Crippen molar-refractivity contribution in [3.05, 3.63) is 194 Å². The summed E-state index contributed by atoms with van der Waals surface area (Å²) in [6, 6.07) is 67.5. The average molecular weight is 717 g/mol. The predicted octanol–water partition coefficient (Wildman–Crippen LogP) is 13.2. The van der Waals surface area contributed by atoms with Crippen molar-refractivity contribution in [2.45, 2.75) is 0 Å². The number of furan rings is 1. The van der Waals surface area contributed by atoms with Crippen LogP contribution in [0.4, 0.5) is 0 Å². The molecule has 0 atom stereocenters. The zero-order valence-corrected chi connectivity index (χ0v) is 30.2. The highest BCUT2D eigenvalue weighted by atomic mass is 16.3. The molecule has 0 unspecified atom stereocenters. The molecular weight excluding hydrogens is 685 g/mol. The molecule has 0 N–H and O–H groups in total. The van der Waals surface area contributed by atoms with Gasteiger partial charge in [-0.3, -0.25) is 4.57 Å². The van der Waals surface area contributed by atoms with Crippen LogP contribution in [0, 0.1) is 0 Å². The Morgan fingerprint density at radius 3 is 1.55 bits per heavy atom. The van der Waals surface area contributed by atoms with Crippen molar-refractivity contribution in [1.82, 2.24) is 19.5 Å². The molecule has 0 amide bonds. The molecule has 0 aliphatic carbocycles. The summed E-state index contributed by atoms with van der Waals surface area (Å²) in [5.74, 6) is 1.83. The number of nitrogens with zero attached hydrogens (tertiary/aromatic N) is 4. The lowest BCUT2D eigenvalue weighted by Crippen LogP contribution is -2.06. The summed E-state index contributed by atoms with van der Waals surface area (Å²) in [6.07, 6.45) is 0. The molecule has 0 bridgehead atoms. The van der Waals surface area contributed by atoms with Crippen molar-refractivity contribution in [2.24, 2.45) is 0 Å². The van der Waals surface area contributed by atoms with Crippen LogP contribution in [-0.4, -0.2) is 19.5 Å². The smallest absolute Gasteiger partial charge is 0.238 e. The molecule has 3 heterocycles. The molecule has 11 aromatic rings. The van der Waals surface area contributed by atoms with E-state index in [4.69, 9.17) is 19.4 Å². The summed E-state index contributed by atoms with van der Waals surface area (Å²) in [7, 11) is 0. The lowest BCUT2D eigenvalue weighted by molar-refractivity contribution is 0.669. The summed E-state index contributed by atoms with van der Waals surface area (Å²) in [5.41, 5.74) is 12.6. The normalized spacial score (nSPS) is 11.6. The molecule has 0 radical (unpaired) electrons. The van der Waals surface area contributed by atoms with Gasteiger partial charge < -0.3 is 4.42 Å². The van der Waals surface area contributed by atoms with Gasteiger partial charge in [-0.2, -0.15) is 9.97 Å². The predicted molar refractivity (Wildman–Crippen MR) is 229 cm³/mol. The van der Waals surface area contributed by atoms with E-state index in [1.54, 1.807) is 0 Å². The van der Waals surface area contributed by atoms with Crippen LogP contribution in [-0.2, 0) is 0 Å². The largest absolute Gasteiger partial charge is 0.456 e. The third-order valence-corrected chi connectivity index (χ3v) is 10.7. The molecule has 8 aromatic carbocycles. The Balaban J connectivity index is 0.982. The summed E-state index contributed by atoms with van der Waals surface area (Å²) in [4.78, 5) is 15.2. The van der Waals surface area contributed by atoms with Gasteiger partial charge in [-0.1, -0.05) is 158 Å². The van der Waals surface area contributed by atoms with E-state index in [-0.39, 0.29) is 0 Å². The zero-order valence-electron chi connectivity index (χ0n) is 30.2. The Morgan fingerprint density at radius 1 is 0.339 bits per heavy atom. The minimum atomic E-state index is 0.585. The molecule has 0 spiro atoms. The van der Waals surface area contributed by atoms with Gasteiger partial charge >= 0.3 is 0 Å². The van der Waals surface area contributed by atoms with Gasteiger partial charge in [0.15, 0.2) is 11.6 Å². The van der Waals surface area contributed by atoms with E-state index in [2.05, 4.69) is 162 Å². The molecular formula is C51H32N4O. The van der Waals surface area contributed by atoms with Gasteiger partial charge in [0.25, 0.3) is 0 Å². The van der Waals surface area contributed by atoms with E-state index < -0.39 is 0 Å². The van der Waals surface area contributed by atoms with Crippen molar-refractivity contribution in [1.29, 1.82) is 0 Å². The van der Waals surface area contributed by atoms with Gasteiger partial charge in [0.05, 0.1) is 11.0 Å². The molecule has 0 fully saturated rings. The highest BCUT2D eigenvalue weighted by Crippen LogP contribution is 2.39. The van der Waals surface area contributed by atoms with E-state index in [1.165, 1.54) is 11.1 Å². The summed E-state index contributed by atoms with van der Waals surface area (Å²) in [5, 5.41) is 4.57. The lowest BCUT2D eigenvalue weighted by Gasteiger charge is -2.11. The Hall–Kier alpha value is -7.63. The van der Waals surface area contributed by atoms with Gasteiger partial charge in [-0.15, -0.1) is 0 Å².